The van der Waals surface area contributed by atoms with Gasteiger partial charge in [-0.05, 0) is 18.6 Å². The fourth-order valence-electron chi connectivity index (χ4n) is 0.719. The topological polar surface area (TPSA) is 52.0 Å². The van der Waals surface area contributed by atoms with E-state index in [1.54, 1.807) is 6.07 Å². The Balaban J connectivity index is 3.34. The van der Waals surface area contributed by atoms with Crippen LogP contribution < -0.4 is 11.5 Å². The van der Waals surface area contributed by atoms with Gasteiger partial charge in [-0.3, -0.25) is 0 Å². The number of anilines is 2. The Labute approximate surface area is 64.8 Å². The lowest BCUT2D eigenvalue weighted by Crippen LogP contribution is -1.97. The molecule has 0 heterocycles. The Morgan fingerprint density at radius 3 is 2.30 bits per heavy atom. The Hall–Kier alpha value is -0.890. The van der Waals surface area contributed by atoms with Gasteiger partial charge in [0.15, 0.2) is 0 Å². The van der Waals surface area contributed by atoms with Crippen molar-refractivity contribution >= 4 is 23.0 Å². The Kier molecular flexibility index (Phi) is 1.72. The fourth-order valence-corrected chi connectivity index (χ4v) is 0.884. The molecule has 54 valence electrons. The molecule has 0 aliphatic rings. The van der Waals surface area contributed by atoms with Crippen LogP contribution in [0.1, 0.15) is 5.56 Å². The molecule has 1 aromatic rings. The van der Waals surface area contributed by atoms with Crippen molar-refractivity contribution in [1.82, 2.24) is 0 Å². The third-order valence-electron chi connectivity index (χ3n) is 1.45. The lowest BCUT2D eigenvalue weighted by Gasteiger charge is -2.04. The molecule has 1 aromatic carbocycles. The second-order valence-corrected chi connectivity index (χ2v) is 2.60. The number of hydrogen-bond acceptors (Lipinski definition) is 2. The summed E-state index contributed by atoms with van der Waals surface area (Å²) in [5, 5.41) is 0.517. The molecule has 0 atom stereocenters. The summed E-state index contributed by atoms with van der Waals surface area (Å²) in [6, 6.07) is 3.58. The van der Waals surface area contributed by atoms with Gasteiger partial charge in [0.2, 0.25) is 0 Å². The van der Waals surface area contributed by atoms with E-state index >= 15 is 0 Å². The molecule has 0 saturated heterocycles. The molecule has 0 bridgehead atoms. The van der Waals surface area contributed by atoms with Crippen LogP contribution in [0.15, 0.2) is 12.1 Å². The Morgan fingerprint density at radius 2 is 1.80 bits per heavy atom. The Bertz CT molecular complexity index is 231. The molecule has 3 heteroatoms. The average molecular weight is 157 g/mol. The van der Waals surface area contributed by atoms with Crippen molar-refractivity contribution in [3.8, 4) is 0 Å². The summed E-state index contributed by atoms with van der Waals surface area (Å²) >= 11 is 5.68. The van der Waals surface area contributed by atoms with E-state index in [1.807, 2.05) is 13.0 Å². The van der Waals surface area contributed by atoms with Gasteiger partial charge >= 0.3 is 0 Å². The quantitative estimate of drug-likeness (QED) is 0.563. The van der Waals surface area contributed by atoms with Gasteiger partial charge in [-0.15, -0.1) is 0 Å². The van der Waals surface area contributed by atoms with Gasteiger partial charge in [0, 0.05) is 0 Å². The van der Waals surface area contributed by atoms with Crippen molar-refractivity contribution in [2.75, 3.05) is 11.5 Å². The second-order valence-electron chi connectivity index (χ2n) is 2.19. The highest BCUT2D eigenvalue weighted by Gasteiger charge is 2.01. The van der Waals surface area contributed by atoms with Crippen LogP contribution in [0.4, 0.5) is 11.4 Å². The minimum atomic E-state index is 0.474. The summed E-state index contributed by atoms with van der Waals surface area (Å²) in [6.45, 7) is 1.89. The molecule has 0 aromatic heterocycles. The maximum atomic E-state index is 5.68. The first-order valence-corrected chi connectivity index (χ1v) is 3.30. The average Bonchev–Trinajstić information content (AvgIpc) is 1.93. The van der Waals surface area contributed by atoms with E-state index in [4.69, 9.17) is 23.1 Å². The Morgan fingerprint density at radius 1 is 1.20 bits per heavy atom. The molecular weight excluding hydrogens is 148 g/mol. The molecule has 0 spiro atoms. The lowest BCUT2D eigenvalue weighted by molar-refractivity contribution is 1.47. The highest BCUT2D eigenvalue weighted by molar-refractivity contribution is 6.33. The van der Waals surface area contributed by atoms with Crippen LogP contribution in [-0.2, 0) is 0 Å². The van der Waals surface area contributed by atoms with E-state index in [0.29, 0.717) is 16.4 Å². The number of aryl methyl sites for hydroxylation is 1. The molecule has 4 N–H and O–H groups in total. The van der Waals surface area contributed by atoms with Gasteiger partial charge < -0.3 is 11.5 Å². The van der Waals surface area contributed by atoms with Gasteiger partial charge in [0.05, 0.1) is 16.4 Å². The zero-order chi connectivity index (χ0) is 7.72. The van der Waals surface area contributed by atoms with Crippen molar-refractivity contribution in [2.45, 2.75) is 6.92 Å². The van der Waals surface area contributed by atoms with E-state index in [1.165, 1.54) is 0 Å². The number of hydrogen-bond donors (Lipinski definition) is 2. The first-order chi connectivity index (χ1) is 4.63. The summed E-state index contributed by atoms with van der Waals surface area (Å²) in [7, 11) is 0. The molecule has 0 saturated carbocycles. The number of rotatable bonds is 0. The number of nitrogens with two attached hydrogens (primary N) is 2. The first kappa shape index (κ1) is 7.22. The molecule has 10 heavy (non-hydrogen) atoms. The van der Waals surface area contributed by atoms with Crippen LogP contribution in [0, 0.1) is 6.92 Å². The number of nitrogen functional groups attached to an aromatic ring is 2. The summed E-state index contributed by atoms with van der Waals surface area (Å²) in [5.74, 6) is 0. The molecule has 0 aliphatic carbocycles. The van der Waals surface area contributed by atoms with Crippen molar-refractivity contribution in [1.29, 1.82) is 0 Å². The van der Waals surface area contributed by atoms with Crippen LogP contribution in [0.3, 0.4) is 0 Å². The minimum absolute atomic E-state index is 0.474. The third kappa shape index (κ3) is 1.02. The van der Waals surface area contributed by atoms with Crippen molar-refractivity contribution in [3.05, 3.63) is 22.7 Å². The summed E-state index contributed by atoms with van der Waals surface area (Å²) < 4.78 is 0. The molecule has 0 fully saturated rings. The van der Waals surface area contributed by atoms with Crippen LogP contribution in [0.25, 0.3) is 0 Å². The van der Waals surface area contributed by atoms with Gasteiger partial charge in [-0.1, -0.05) is 17.7 Å². The van der Waals surface area contributed by atoms with Crippen LogP contribution in [-0.4, -0.2) is 0 Å². The fraction of sp³-hybridized carbons (Fsp3) is 0.143. The van der Waals surface area contributed by atoms with Gasteiger partial charge in [0.25, 0.3) is 0 Å². The zero-order valence-corrected chi connectivity index (χ0v) is 6.44. The van der Waals surface area contributed by atoms with Gasteiger partial charge in [-0.25, -0.2) is 0 Å². The van der Waals surface area contributed by atoms with E-state index in [2.05, 4.69) is 0 Å². The lowest BCUT2D eigenvalue weighted by atomic mass is 10.2. The molecule has 0 radical (unpaired) electrons. The van der Waals surface area contributed by atoms with E-state index < -0.39 is 0 Å². The molecular formula is C7H9ClN2. The summed E-state index contributed by atoms with van der Waals surface area (Å²) in [6.07, 6.45) is 0. The second kappa shape index (κ2) is 2.39. The van der Waals surface area contributed by atoms with Crippen LogP contribution >= 0.6 is 11.6 Å². The maximum absolute atomic E-state index is 5.68. The standard InChI is InChI=1S/C7H9ClN2/c1-4-2-3-5(8)7(10)6(4)9/h2-3H,9-10H2,1H3. The normalized spacial score (nSPS) is 9.80. The summed E-state index contributed by atoms with van der Waals surface area (Å²) in [4.78, 5) is 0. The molecule has 2 nitrogen and oxygen atoms in total. The predicted molar refractivity (Wildman–Crippen MR) is 45.0 cm³/mol. The molecule has 0 aliphatic heterocycles. The monoisotopic (exact) mass is 156 g/mol. The number of halogens is 1. The van der Waals surface area contributed by atoms with Crippen molar-refractivity contribution in [2.24, 2.45) is 0 Å². The maximum Gasteiger partial charge on any atom is 0.0739 e. The minimum Gasteiger partial charge on any atom is -0.397 e. The van der Waals surface area contributed by atoms with E-state index in [-0.39, 0.29) is 0 Å². The molecule has 1 rings (SSSR count). The highest BCUT2D eigenvalue weighted by Crippen LogP contribution is 2.27. The number of benzene rings is 1. The van der Waals surface area contributed by atoms with Crippen molar-refractivity contribution < 1.29 is 0 Å². The van der Waals surface area contributed by atoms with Gasteiger partial charge in [0.1, 0.15) is 0 Å². The van der Waals surface area contributed by atoms with Gasteiger partial charge in [-0.2, -0.15) is 0 Å². The predicted octanol–water partition coefficient (Wildman–Crippen LogP) is 1.81. The zero-order valence-electron chi connectivity index (χ0n) is 5.69. The van der Waals surface area contributed by atoms with E-state index in [9.17, 15) is 0 Å². The van der Waals surface area contributed by atoms with Crippen LogP contribution in [0.5, 0.6) is 0 Å². The molecule has 0 unspecified atom stereocenters. The smallest absolute Gasteiger partial charge is 0.0739 e. The highest BCUT2D eigenvalue weighted by atomic mass is 35.5. The van der Waals surface area contributed by atoms with Crippen LogP contribution in [0.2, 0.25) is 5.02 Å². The third-order valence-corrected chi connectivity index (χ3v) is 1.78. The summed E-state index contributed by atoms with van der Waals surface area (Å²) in [5.41, 5.74) is 13.1. The van der Waals surface area contributed by atoms with E-state index in [0.717, 1.165) is 5.56 Å². The SMILES string of the molecule is Cc1ccc(Cl)c(N)c1N. The first-order valence-electron chi connectivity index (χ1n) is 2.93. The van der Waals surface area contributed by atoms with Crippen molar-refractivity contribution in [3.63, 3.8) is 0 Å². The molecule has 0 amide bonds. The largest absolute Gasteiger partial charge is 0.397 e.